The summed E-state index contributed by atoms with van der Waals surface area (Å²) in [5.74, 6) is -0.105. The van der Waals surface area contributed by atoms with Crippen LogP contribution in [0.1, 0.15) is 27.2 Å². The molecule has 0 unspecified atom stereocenters. The van der Waals surface area contributed by atoms with Crippen molar-refractivity contribution in [3.63, 3.8) is 0 Å². The number of carbonyl (C=O) groups is 1. The lowest BCUT2D eigenvalue weighted by molar-refractivity contribution is 0.0984. The van der Waals surface area contributed by atoms with Gasteiger partial charge in [-0.1, -0.05) is 35.6 Å². The molecule has 4 aromatic rings. The molecule has 28 heavy (non-hydrogen) atoms. The summed E-state index contributed by atoms with van der Waals surface area (Å²) < 4.78 is 1.84. The first-order valence-electron chi connectivity index (χ1n) is 8.87. The lowest BCUT2D eigenvalue weighted by Crippen LogP contribution is -2.31. The number of hydrogen-bond acceptors (Lipinski definition) is 4. The molecule has 0 fully saturated rings. The zero-order valence-corrected chi connectivity index (χ0v) is 17.9. The number of halogens is 1. The van der Waals surface area contributed by atoms with Gasteiger partial charge in [-0.2, -0.15) is 0 Å². The molecule has 0 saturated heterocycles. The highest BCUT2D eigenvalue weighted by Gasteiger charge is 2.24. The van der Waals surface area contributed by atoms with Gasteiger partial charge in [-0.3, -0.25) is 14.7 Å². The normalized spacial score (nSPS) is 11.0. The molecule has 1 amide bonds. The molecule has 2 aromatic heterocycles. The highest BCUT2D eigenvalue weighted by Crippen LogP contribution is 2.34. The molecule has 0 spiro atoms. The van der Waals surface area contributed by atoms with E-state index in [1.807, 2.05) is 42.5 Å². The first-order chi connectivity index (χ1) is 13.5. The van der Waals surface area contributed by atoms with Gasteiger partial charge in [0.15, 0.2) is 5.13 Å². The van der Waals surface area contributed by atoms with Crippen molar-refractivity contribution in [1.29, 1.82) is 0 Å². The van der Waals surface area contributed by atoms with Crippen LogP contribution in [0.2, 0.25) is 0 Å². The van der Waals surface area contributed by atoms with Gasteiger partial charge in [-0.15, -0.1) is 0 Å². The Kier molecular flexibility index (Phi) is 5.24. The van der Waals surface area contributed by atoms with E-state index in [1.54, 1.807) is 11.1 Å². The standard InChI is InChI=1S/C22H18BrN3OS/c1-14-10-11-19-20(15(14)2)25-22(28-19)26(13-16-7-5-6-12-24-16)21(27)17-8-3-4-9-18(17)23/h3-12H,13H2,1-2H3. The summed E-state index contributed by atoms with van der Waals surface area (Å²) in [6.45, 7) is 4.50. The summed E-state index contributed by atoms with van der Waals surface area (Å²) in [4.78, 5) is 24.4. The number of fused-ring (bicyclic) bond motifs is 1. The van der Waals surface area contributed by atoms with E-state index in [0.717, 1.165) is 25.9 Å². The molecular weight excluding hydrogens is 434 g/mol. The average Bonchev–Trinajstić information content (AvgIpc) is 3.14. The molecule has 0 radical (unpaired) electrons. The van der Waals surface area contributed by atoms with Crippen molar-refractivity contribution in [2.45, 2.75) is 20.4 Å². The number of aryl methyl sites for hydroxylation is 2. The summed E-state index contributed by atoms with van der Waals surface area (Å²) in [5, 5.41) is 0.676. The summed E-state index contributed by atoms with van der Waals surface area (Å²) in [6, 6.07) is 17.3. The van der Waals surface area contributed by atoms with Crippen molar-refractivity contribution in [3.05, 3.63) is 87.7 Å². The topological polar surface area (TPSA) is 46.1 Å². The lowest BCUT2D eigenvalue weighted by atomic mass is 10.1. The number of nitrogens with zero attached hydrogens (tertiary/aromatic N) is 3. The Hall–Kier alpha value is -2.57. The zero-order valence-electron chi connectivity index (χ0n) is 15.5. The van der Waals surface area contributed by atoms with E-state index in [0.29, 0.717) is 17.2 Å². The smallest absolute Gasteiger partial charge is 0.261 e. The number of carbonyl (C=O) groups excluding carboxylic acids is 1. The SMILES string of the molecule is Cc1ccc2sc(N(Cc3ccccn3)C(=O)c3ccccc3Br)nc2c1C. The molecular formula is C22H18BrN3OS. The van der Waals surface area contributed by atoms with Crippen LogP contribution < -0.4 is 4.90 Å². The third kappa shape index (κ3) is 3.57. The van der Waals surface area contributed by atoms with Crippen LogP contribution in [0.15, 0.2) is 65.3 Å². The maximum atomic E-state index is 13.4. The van der Waals surface area contributed by atoms with Gasteiger partial charge < -0.3 is 0 Å². The van der Waals surface area contributed by atoms with Crippen molar-refractivity contribution < 1.29 is 4.79 Å². The van der Waals surface area contributed by atoms with Gasteiger partial charge in [-0.05, 0) is 71.2 Å². The van der Waals surface area contributed by atoms with Crippen molar-refractivity contribution in [2.24, 2.45) is 0 Å². The highest BCUT2D eigenvalue weighted by atomic mass is 79.9. The van der Waals surface area contributed by atoms with Crippen LogP contribution in [-0.4, -0.2) is 15.9 Å². The fraction of sp³-hybridized carbons (Fsp3) is 0.136. The Morgan fingerprint density at radius 1 is 1.07 bits per heavy atom. The number of benzene rings is 2. The summed E-state index contributed by atoms with van der Waals surface area (Å²) in [7, 11) is 0. The number of pyridine rings is 1. The predicted octanol–water partition coefficient (Wildman–Crippen LogP) is 5.92. The van der Waals surface area contributed by atoms with Crippen LogP contribution >= 0.6 is 27.3 Å². The van der Waals surface area contributed by atoms with E-state index in [4.69, 9.17) is 4.98 Å². The minimum absolute atomic E-state index is 0.105. The Morgan fingerprint density at radius 2 is 1.86 bits per heavy atom. The molecule has 2 aromatic carbocycles. The predicted molar refractivity (Wildman–Crippen MR) is 118 cm³/mol. The van der Waals surface area contributed by atoms with Gasteiger partial charge in [-0.25, -0.2) is 4.98 Å². The second-order valence-electron chi connectivity index (χ2n) is 6.54. The summed E-state index contributed by atoms with van der Waals surface area (Å²) in [6.07, 6.45) is 1.74. The molecule has 0 aliphatic heterocycles. The highest BCUT2D eigenvalue weighted by molar-refractivity contribution is 9.10. The van der Waals surface area contributed by atoms with Crippen molar-refractivity contribution in [3.8, 4) is 0 Å². The van der Waals surface area contributed by atoms with E-state index < -0.39 is 0 Å². The molecule has 0 aliphatic carbocycles. The Morgan fingerprint density at radius 3 is 2.61 bits per heavy atom. The number of aromatic nitrogens is 2. The van der Waals surface area contributed by atoms with Crippen LogP contribution in [-0.2, 0) is 6.54 Å². The first-order valence-corrected chi connectivity index (χ1v) is 10.5. The molecule has 0 bridgehead atoms. The van der Waals surface area contributed by atoms with Gasteiger partial charge in [0.05, 0.1) is 28.0 Å². The molecule has 140 valence electrons. The second-order valence-corrected chi connectivity index (χ2v) is 8.41. The van der Waals surface area contributed by atoms with Crippen molar-refractivity contribution in [2.75, 3.05) is 4.90 Å². The maximum Gasteiger partial charge on any atom is 0.261 e. The molecule has 0 atom stereocenters. The average molecular weight is 452 g/mol. The van der Waals surface area contributed by atoms with E-state index in [-0.39, 0.29) is 5.91 Å². The minimum Gasteiger partial charge on any atom is -0.278 e. The van der Waals surface area contributed by atoms with E-state index in [9.17, 15) is 4.79 Å². The summed E-state index contributed by atoms with van der Waals surface area (Å²) >= 11 is 5.03. The zero-order chi connectivity index (χ0) is 19.7. The third-order valence-corrected chi connectivity index (χ3v) is 6.44. The maximum absolute atomic E-state index is 13.4. The number of thiazole rings is 1. The number of rotatable bonds is 4. The van der Waals surface area contributed by atoms with Crippen LogP contribution in [0.25, 0.3) is 10.2 Å². The van der Waals surface area contributed by atoms with Crippen LogP contribution in [0, 0.1) is 13.8 Å². The van der Waals surface area contributed by atoms with Crippen LogP contribution in [0.3, 0.4) is 0 Å². The molecule has 4 nitrogen and oxygen atoms in total. The van der Waals surface area contributed by atoms with Gasteiger partial charge in [0, 0.05) is 10.7 Å². The van der Waals surface area contributed by atoms with Gasteiger partial charge in [0.2, 0.25) is 0 Å². The molecule has 4 rings (SSSR count). The number of anilines is 1. The fourth-order valence-corrected chi connectivity index (χ4v) is 4.47. The molecule has 2 heterocycles. The lowest BCUT2D eigenvalue weighted by Gasteiger charge is -2.20. The quantitative estimate of drug-likeness (QED) is 0.386. The van der Waals surface area contributed by atoms with Crippen LogP contribution in [0.4, 0.5) is 5.13 Å². The van der Waals surface area contributed by atoms with E-state index >= 15 is 0 Å². The Labute approximate surface area is 176 Å². The minimum atomic E-state index is -0.105. The number of hydrogen-bond donors (Lipinski definition) is 0. The van der Waals surface area contributed by atoms with E-state index in [2.05, 4.69) is 46.9 Å². The van der Waals surface area contributed by atoms with Crippen molar-refractivity contribution in [1.82, 2.24) is 9.97 Å². The van der Waals surface area contributed by atoms with Gasteiger partial charge in [0.25, 0.3) is 5.91 Å². The second kappa shape index (κ2) is 7.81. The van der Waals surface area contributed by atoms with Gasteiger partial charge >= 0.3 is 0 Å². The van der Waals surface area contributed by atoms with Crippen LogP contribution in [0.5, 0.6) is 0 Å². The third-order valence-electron chi connectivity index (χ3n) is 4.70. The van der Waals surface area contributed by atoms with E-state index in [1.165, 1.54) is 16.9 Å². The molecule has 0 N–H and O–H groups in total. The van der Waals surface area contributed by atoms with Gasteiger partial charge in [0.1, 0.15) is 0 Å². The molecule has 0 saturated carbocycles. The largest absolute Gasteiger partial charge is 0.278 e. The van der Waals surface area contributed by atoms with Crippen molar-refractivity contribution >= 4 is 48.5 Å². The molecule has 6 heteroatoms. The molecule has 0 aliphatic rings. The summed E-state index contributed by atoms with van der Waals surface area (Å²) in [5.41, 5.74) is 4.70. The monoisotopic (exact) mass is 451 g/mol. The Bertz CT molecular complexity index is 1160. The Balaban J connectivity index is 1.82. The first kappa shape index (κ1) is 18.8. The number of amides is 1. The fourth-order valence-electron chi connectivity index (χ4n) is 2.99.